The molecule has 0 aliphatic carbocycles. The Labute approximate surface area is 244 Å². The Morgan fingerprint density at radius 2 is 1.52 bits per heavy atom. The first-order valence-corrected chi connectivity index (χ1v) is 14.4. The fourth-order valence-electron chi connectivity index (χ4n) is 7.06. The molecule has 4 aromatic rings. The number of hydrogen-bond donors (Lipinski definition) is 1. The number of ether oxygens (including phenoxy) is 1. The van der Waals surface area contributed by atoms with E-state index in [0.29, 0.717) is 29.2 Å². The van der Waals surface area contributed by atoms with Crippen LogP contribution in [-0.4, -0.2) is 35.0 Å². The number of fused-ring (bicyclic) bond motifs is 6. The van der Waals surface area contributed by atoms with E-state index >= 15 is 0 Å². The summed E-state index contributed by atoms with van der Waals surface area (Å²) in [6.45, 7) is 2.61. The lowest BCUT2D eigenvalue weighted by Gasteiger charge is -2.38. The number of Topliss-reactive ketones (excluding diaryl/α,β-unsaturated/α-hetero) is 2. The summed E-state index contributed by atoms with van der Waals surface area (Å²) >= 11 is 0. The van der Waals surface area contributed by atoms with E-state index in [4.69, 9.17) is 4.74 Å². The minimum atomic E-state index is -1.35. The van der Waals surface area contributed by atoms with Gasteiger partial charge in [0.2, 0.25) is 5.91 Å². The summed E-state index contributed by atoms with van der Waals surface area (Å²) in [5.74, 6) is -1.05. The van der Waals surface area contributed by atoms with E-state index in [-0.39, 0.29) is 17.5 Å². The summed E-state index contributed by atoms with van der Waals surface area (Å²) in [5, 5.41) is 3.09. The number of nitrogens with zero attached hydrogens (tertiary/aromatic N) is 1. The van der Waals surface area contributed by atoms with Gasteiger partial charge in [0.15, 0.2) is 11.6 Å². The molecule has 0 unspecified atom stereocenters. The zero-order valence-corrected chi connectivity index (χ0v) is 23.2. The smallest absolute Gasteiger partial charge is 0.238 e. The van der Waals surface area contributed by atoms with Gasteiger partial charge in [0.25, 0.3) is 0 Å². The third-order valence-corrected chi connectivity index (χ3v) is 8.79. The number of ketones is 2. The van der Waals surface area contributed by atoms with Crippen molar-refractivity contribution in [2.24, 2.45) is 5.92 Å². The number of benzene rings is 4. The van der Waals surface area contributed by atoms with Crippen LogP contribution in [0.25, 0.3) is 6.08 Å². The molecule has 1 spiro atoms. The SMILES string of the molecule is CCCOc1ccc(C(=O)[C@H]2[C@@H](C(=O)c3ccccc3)N3C=Cc4ccccc4[C@@H]3[C@]23C(=O)Nc2ccccc23)cc1. The molecule has 0 saturated carbocycles. The molecule has 0 bridgehead atoms. The van der Waals surface area contributed by atoms with Crippen LogP contribution < -0.4 is 10.1 Å². The second-order valence-corrected chi connectivity index (χ2v) is 11.1. The highest BCUT2D eigenvalue weighted by Crippen LogP contribution is 2.62. The first kappa shape index (κ1) is 26.0. The van der Waals surface area contributed by atoms with E-state index in [1.807, 2.05) is 90.8 Å². The van der Waals surface area contributed by atoms with Crippen LogP contribution in [0.2, 0.25) is 0 Å². The topological polar surface area (TPSA) is 75.7 Å². The predicted octanol–water partition coefficient (Wildman–Crippen LogP) is 6.46. The number of amides is 1. The van der Waals surface area contributed by atoms with Gasteiger partial charge in [-0.1, -0.05) is 79.7 Å². The monoisotopic (exact) mass is 554 g/mol. The van der Waals surface area contributed by atoms with Crippen molar-refractivity contribution in [3.8, 4) is 5.75 Å². The molecule has 3 heterocycles. The zero-order chi connectivity index (χ0) is 28.8. The first-order chi connectivity index (χ1) is 20.6. The number of rotatable bonds is 7. The van der Waals surface area contributed by atoms with Crippen LogP contribution in [-0.2, 0) is 10.2 Å². The van der Waals surface area contributed by atoms with Crippen LogP contribution in [0.1, 0.15) is 56.8 Å². The Kier molecular flexibility index (Phi) is 6.27. The number of para-hydroxylation sites is 1. The average Bonchev–Trinajstić information content (AvgIpc) is 3.52. The highest BCUT2D eigenvalue weighted by Gasteiger charge is 2.70. The van der Waals surface area contributed by atoms with Gasteiger partial charge in [-0.05, 0) is 59.5 Å². The van der Waals surface area contributed by atoms with Crippen molar-refractivity contribution in [1.82, 2.24) is 4.90 Å². The molecule has 7 rings (SSSR count). The maximum Gasteiger partial charge on any atom is 0.238 e. The number of carbonyl (C=O) groups is 3. The predicted molar refractivity (Wildman–Crippen MR) is 161 cm³/mol. The first-order valence-electron chi connectivity index (χ1n) is 14.4. The van der Waals surface area contributed by atoms with Gasteiger partial charge in [-0.2, -0.15) is 0 Å². The van der Waals surface area contributed by atoms with Gasteiger partial charge in [0.1, 0.15) is 17.2 Å². The molecular weight excluding hydrogens is 524 g/mol. The molecule has 6 nitrogen and oxygen atoms in total. The number of hydrogen-bond acceptors (Lipinski definition) is 5. The van der Waals surface area contributed by atoms with Crippen molar-refractivity contribution in [2.45, 2.75) is 30.8 Å². The lowest BCUT2D eigenvalue weighted by atomic mass is 9.62. The summed E-state index contributed by atoms with van der Waals surface area (Å²) in [5.41, 5.74) is 2.87. The summed E-state index contributed by atoms with van der Waals surface area (Å²) in [6.07, 6.45) is 4.73. The summed E-state index contributed by atoms with van der Waals surface area (Å²) in [7, 11) is 0. The molecule has 42 heavy (non-hydrogen) atoms. The molecule has 1 amide bonds. The molecule has 1 fully saturated rings. The fourth-order valence-corrected chi connectivity index (χ4v) is 7.06. The molecule has 3 aliphatic rings. The fraction of sp³-hybridized carbons (Fsp3) is 0.194. The van der Waals surface area contributed by atoms with Gasteiger partial charge >= 0.3 is 0 Å². The van der Waals surface area contributed by atoms with Gasteiger partial charge in [0.05, 0.1) is 18.6 Å². The summed E-state index contributed by atoms with van der Waals surface area (Å²) < 4.78 is 5.76. The van der Waals surface area contributed by atoms with Crippen molar-refractivity contribution >= 4 is 29.2 Å². The average molecular weight is 555 g/mol. The highest BCUT2D eigenvalue weighted by atomic mass is 16.5. The minimum Gasteiger partial charge on any atom is -0.494 e. The van der Waals surface area contributed by atoms with Gasteiger partial charge in [0, 0.05) is 23.0 Å². The van der Waals surface area contributed by atoms with Crippen molar-refractivity contribution < 1.29 is 19.1 Å². The molecule has 4 aromatic carbocycles. The molecule has 3 aliphatic heterocycles. The highest BCUT2D eigenvalue weighted by molar-refractivity contribution is 6.16. The van der Waals surface area contributed by atoms with Crippen LogP contribution in [0.5, 0.6) is 5.75 Å². The van der Waals surface area contributed by atoms with Crippen LogP contribution in [0.15, 0.2) is 109 Å². The standard InChI is InChI=1S/C36H30N2O4/c1-2-22-42-26-18-16-25(17-19-26)32(39)30-31(33(40)24-11-4-3-5-12-24)38-21-20-23-10-6-7-13-27(23)34(38)36(30)28-14-8-9-15-29(28)37-35(36)41/h3-21,30-31,34H,2,22H2,1H3,(H,37,41)/t30-,31+,34-,36-/m1/s1. The molecule has 1 N–H and O–H groups in total. The molecular formula is C36H30N2O4. The van der Waals surface area contributed by atoms with E-state index in [1.54, 1.807) is 36.4 Å². The Balaban J connectivity index is 1.47. The number of nitrogens with one attached hydrogen (secondary N) is 1. The van der Waals surface area contributed by atoms with E-state index in [9.17, 15) is 14.4 Å². The lowest BCUT2D eigenvalue weighted by molar-refractivity contribution is -0.122. The molecule has 4 atom stereocenters. The maximum absolute atomic E-state index is 14.9. The molecule has 0 radical (unpaired) electrons. The lowest BCUT2D eigenvalue weighted by Crippen LogP contribution is -2.49. The van der Waals surface area contributed by atoms with E-state index < -0.39 is 23.4 Å². The quantitative estimate of drug-likeness (QED) is 0.266. The second kappa shape index (κ2) is 10.1. The normalized spacial score (nSPS) is 23.2. The molecule has 0 aromatic heterocycles. The Morgan fingerprint density at radius 3 is 2.31 bits per heavy atom. The van der Waals surface area contributed by atoms with E-state index in [2.05, 4.69) is 5.32 Å². The summed E-state index contributed by atoms with van der Waals surface area (Å²) in [6, 6.07) is 30.1. The number of anilines is 1. The van der Waals surface area contributed by atoms with Crippen LogP contribution in [0.4, 0.5) is 5.69 Å². The van der Waals surface area contributed by atoms with Gasteiger partial charge < -0.3 is 15.0 Å². The Bertz CT molecular complexity index is 1730. The van der Waals surface area contributed by atoms with E-state index in [0.717, 1.165) is 23.1 Å². The van der Waals surface area contributed by atoms with Crippen molar-refractivity contribution in [3.05, 3.63) is 137 Å². The largest absolute Gasteiger partial charge is 0.494 e. The van der Waals surface area contributed by atoms with E-state index in [1.165, 1.54) is 0 Å². The summed E-state index contributed by atoms with van der Waals surface area (Å²) in [4.78, 5) is 45.8. The van der Waals surface area contributed by atoms with Crippen LogP contribution in [0.3, 0.4) is 0 Å². The zero-order valence-electron chi connectivity index (χ0n) is 23.2. The third kappa shape index (κ3) is 3.75. The second-order valence-electron chi connectivity index (χ2n) is 11.1. The van der Waals surface area contributed by atoms with Crippen molar-refractivity contribution in [1.29, 1.82) is 0 Å². The third-order valence-electron chi connectivity index (χ3n) is 8.79. The van der Waals surface area contributed by atoms with Gasteiger partial charge in [-0.3, -0.25) is 14.4 Å². The Morgan fingerprint density at radius 1 is 0.833 bits per heavy atom. The minimum absolute atomic E-state index is 0.195. The molecule has 6 heteroatoms. The van der Waals surface area contributed by atoms with Gasteiger partial charge in [-0.15, -0.1) is 0 Å². The Hall–Kier alpha value is -4.97. The van der Waals surface area contributed by atoms with Crippen LogP contribution in [0, 0.1) is 5.92 Å². The van der Waals surface area contributed by atoms with Crippen molar-refractivity contribution in [2.75, 3.05) is 11.9 Å². The maximum atomic E-state index is 14.9. The molecule has 1 saturated heterocycles. The number of carbonyl (C=O) groups excluding carboxylic acids is 3. The van der Waals surface area contributed by atoms with Crippen LogP contribution >= 0.6 is 0 Å². The van der Waals surface area contributed by atoms with Gasteiger partial charge in [-0.25, -0.2) is 0 Å². The van der Waals surface area contributed by atoms with Crippen molar-refractivity contribution in [3.63, 3.8) is 0 Å². The molecule has 208 valence electrons.